The first-order chi connectivity index (χ1) is 20.4. The minimum Gasteiger partial charge on any atom is -0.445 e. The van der Waals surface area contributed by atoms with Gasteiger partial charge in [-0.1, -0.05) is 84.9 Å². The zero-order chi connectivity index (χ0) is 29.3. The number of nitrogens with two attached hydrogens (primary N) is 1. The molecule has 0 aliphatic heterocycles. The van der Waals surface area contributed by atoms with Crippen molar-refractivity contribution in [2.24, 2.45) is 0 Å². The zero-order valence-corrected chi connectivity index (χ0v) is 23.5. The number of amides is 3. The molecule has 0 saturated heterocycles. The molecule has 1 heterocycles. The van der Waals surface area contributed by atoms with Crippen molar-refractivity contribution in [3.05, 3.63) is 131 Å². The number of nitrogens with one attached hydrogen (secondary N) is 3. The Morgan fingerprint density at radius 1 is 0.786 bits per heavy atom. The van der Waals surface area contributed by atoms with Crippen LogP contribution in [0.3, 0.4) is 0 Å². The Bertz CT molecular complexity index is 1690. The zero-order valence-electron chi connectivity index (χ0n) is 22.7. The van der Waals surface area contributed by atoms with Crippen LogP contribution < -0.4 is 21.7 Å². The first-order valence-corrected chi connectivity index (χ1v) is 14.2. The number of carbonyl (C=O) groups excluding carboxylic acids is 3. The summed E-state index contributed by atoms with van der Waals surface area (Å²) >= 11 is 1.36. The van der Waals surface area contributed by atoms with Gasteiger partial charge in [0.05, 0.1) is 16.3 Å². The van der Waals surface area contributed by atoms with Gasteiger partial charge in [-0.25, -0.2) is 4.79 Å². The minimum absolute atomic E-state index is 0.103. The summed E-state index contributed by atoms with van der Waals surface area (Å²) in [7, 11) is 0. The van der Waals surface area contributed by atoms with E-state index in [1.807, 2.05) is 97.1 Å². The molecule has 1 aromatic heterocycles. The normalized spacial score (nSPS) is 11.4. The largest absolute Gasteiger partial charge is 0.445 e. The van der Waals surface area contributed by atoms with E-state index in [4.69, 9.17) is 10.5 Å². The summed E-state index contributed by atoms with van der Waals surface area (Å²) < 4.78 is 6.27. The van der Waals surface area contributed by atoms with Gasteiger partial charge in [-0.2, -0.15) is 0 Å². The van der Waals surface area contributed by atoms with E-state index in [1.54, 1.807) is 12.1 Å². The van der Waals surface area contributed by atoms with Crippen molar-refractivity contribution < 1.29 is 19.1 Å². The quantitative estimate of drug-likeness (QED) is 0.154. The summed E-state index contributed by atoms with van der Waals surface area (Å²) in [4.78, 5) is 39.2. The first kappa shape index (κ1) is 28.4. The molecule has 9 heteroatoms. The fourth-order valence-electron chi connectivity index (χ4n) is 4.37. The van der Waals surface area contributed by atoms with Crippen molar-refractivity contribution >= 4 is 50.7 Å². The molecule has 4 aromatic carbocycles. The molecule has 0 aliphatic rings. The third-order valence-electron chi connectivity index (χ3n) is 6.59. The third kappa shape index (κ3) is 7.52. The lowest BCUT2D eigenvalue weighted by Gasteiger charge is -2.19. The molecule has 42 heavy (non-hydrogen) atoms. The number of hydrogen-bond donors (Lipinski definition) is 4. The smallest absolute Gasteiger partial charge is 0.408 e. The topological polar surface area (TPSA) is 123 Å². The van der Waals surface area contributed by atoms with Gasteiger partial charge in [0, 0.05) is 17.7 Å². The summed E-state index contributed by atoms with van der Waals surface area (Å²) in [6.07, 6.45) is -0.362. The molecule has 1 atom stereocenters. The van der Waals surface area contributed by atoms with Gasteiger partial charge in [-0.15, -0.1) is 11.3 Å². The standard InChI is InChI=1S/C33H30N4O4S/c34-26-13-7-8-14-27(26)36-32(39)30-19-25-16-15-24(18-29(25)42-30)20-35-31(38)28(17-22-9-3-1-4-10-22)37-33(40)41-21-23-11-5-2-6-12-23/h1-16,18-19,28H,17,20-21,34H2,(H,35,38)(H,36,39)(H,37,40). The molecular weight excluding hydrogens is 548 g/mol. The van der Waals surface area contributed by atoms with Gasteiger partial charge < -0.3 is 26.4 Å². The predicted octanol–water partition coefficient (Wildman–Crippen LogP) is 5.89. The number of ether oxygens (including phenoxy) is 1. The van der Waals surface area contributed by atoms with E-state index >= 15 is 0 Å². The number of nitrogen functional groups attached to an aromatic ring is 1. The van der Waals surface area contributed by atoms with Crippen LogP contribution in [0.4, 0.5) is 16.2 Å². The molecule has 1 unspecified atom stereocenters. The van der Waals surface area contributed by atoms with Crippen LogP contribution >= 0.6 is 11.3 Å². The summed E-state index contributed by atoms with van der Waals surface area (Å²) in [5.74, 6) is -0.569. The second kappa shape index (κ2) is 13.5. The number of hydrogen-bond acceptors (Lipinski definition) is 6. The number of carbonyl (C=O) groups is 3. The van der Waals surface area contributed by atoms with Gasteiger partial charge in [0.25, 0.3) is 5.91 Å². The van der Waals surface area contributed by atoms with E-state index in [-0.39, 0.29) is 25.0 Å². The van der Waals surface area contributed by atoms with Gasteiger partial charge in [0.2, 0.25) is 5.91 Å². The molecule has 0 saturated carbocycles. The molecule has 5 rings (SSSR count). The Kier molecular flexibility index (Phi) is 9.10. The highest BCUT2D eigenvalue weighted by molar-refractivity contribution is 7.20. The fourth-order valence-corrected chi connectivity index (χ4v) is 5.39. The maximum Gasteiger partial charge on any atom is 0.408 e. The number of benzene rings is 4. The van der Waals surface area contributed by atoms with Gasteiger partial charge >= 0.3 is 6.09 Å². The predicted molar refractivity (Wildman–Crippen MR) is 166 cm³/mol. The van der Waals surface area contributed by atoms with Crippen molar-refractivity contribution in [1.29, 1.82) is 0 Å². The average Bonchev–Trinajstić information content (AvgIpc) is 3.44. The van der Waals surface area contributed by atoms with Crippen LogP contribution in [-0.2, 0) is 29.1 Å². The molecule has 212 valence electrons. The number of anilines is 2. The second-order valence-electron chi connectivity index (χ2n) is 9.69. The lowest BCUT2D eigenvalue weighted by atomic mass is 10.1. The van der Waals surface area contributed by atoms with Crippen LogP contribution in [-0.4, -0.2) is 23.9 Å². The van der Waals surface area contributed by atoms with Crippen LogP contribution in [0.25, 0.3) is 10.1 Å². The number of para-hydroxylation sites is 2. The van der Waals surface area contributed by atoms with E-state index in [0.717, 1.165) is 26.8 Å². The third-order valence-corrected chi connectivity index (χ3v) is 7.68. The van der Waals surface area contributed by atoms with E-state index in [1.165, 1.54) is 11.3 Å². The summed E-state index contributed by atoms with van der Waals surface area (Å²) in [6, 6.07) is 32.7. The number of alkyl carbamates (subject to hydrolysis) is 1. The fraction of sp³-hybridized carbons (Fsp3) is 0.121. The van der Waals surface area contributed by atoms with Crippen molar-refractivity contribution in [1.82, 2.24) is 10.6 Å². The molecule has 8 nitrogen and oxygen atoms in total. The van der Waals surface area contributed by atoms with Gasteiger partial charge in [-0.05, 0) is 46.3 Å². The number of thiophene rings is 1. The maximum atomic E-state index is 13.2. The molecule has 5 N–H and O–H groups in total. The molecule has 0 aliphatic carbocycles. The Morgan fingerprint density at radius 3 is 2.21 bits per heavy atom. The van der Waals surface area contributed by atoms with Crippen LogP contribution in [0.2, 0.25) is 0 Å². The van der Waals surface area contributed by atoms with Gasteiger partial charge in [0.15, 0.2) is 0 Å². The number of rotatable bonds is 10. The minimum atomic E-state index is -0.832. The Balaban J connectivity index is 1.22. The monoisotopic (exact) mass is 578 g/mol. The Labute approximate surface area is 247 Å². The SMILES string of the molecule is Nc1ccccc1NC(=O)c1cc2ccc(CNC(=O)C(Cc3ccccc3)NC(=O)OCc3ccccc3)cc2s1. The van der Waals surface area contributed by atoms with Gasteiger partial charge in [0.1, 0.15) is 12.6 Å². The van der Waals surface area contributed by atoms with Crippen LogP contribution in [0.5, 0.6) is 0 Å². The maximum absolute atomic E-state index is 13.2. The Hall–Kier alpha value is -5.15. The van der Waals surface area contributed by atoms with Crippen molar-refractivity contribution in [2.45, 2.75) is 25.6 Å². The van der Waals surface area contributed by atoms with Crippen LogP contribution in [0.1, 0.15) is 26.4 Å². The highest BCUT2D eigenvalue weighted by Crippen LogP contribution is 2.28. The summed E-state index contributed by atoms with van der Waals surface area (Å²) in [5.41, 5.74) is 9.63. The summed E-state index contributed by atoms with van der Waals surface area (Å²) in [5, 5.41) is 9.43. The second-order valence-corrected chi connectivity index (χ2v) is 10.8. The van der Waals surface area contributed by atoms with Crippen molar-refractivity contribution in [2.75, 3.05) is 11.1 Å². The molecule has 0 fully saturated rings. The van der Waals surface area contributed by atoms with E-state index < -0.39 is 12.1 Å². The number of fused-ring (bicyclic) bond motifs is 1. The van der Waals surface area contributed by atoms with Crippen LogP contribution in [0.15, 0.2) is 109 Å². The average molecular weight is 579 g/mol. The van der Waals surface area contributed by atoms with Gasteiger partial charge in [-0.3, -0.25) is 9.59 Å². The molecular formula is C33H30N4O4S. The Morgan fingerprint density at radius 2 is 1.48 bits per heavy atom. The lowest BCUT2D eigenvalue weighted by Crippen LogP contribution is -2.48. The van der Waals surface area contributed by atoms with E-state index in [0.29, 0.717) is 22.7 Å². The lowest BCUT2D eigenvalue weighted by molar-refractivity contribution is -0.123. The van der Waals surface area contributed by atoms with E-state index in [2.05, 4.69) is 16.0 Å². The molecule has 0 radical (unpaired) electrons. The first-order valence-electron chi connectivity index (χ1n) is 13.4. The molecule has 5 aromatic rings. The molecule has 0 bridgehead atoms. The van der Waals surface area contributed by atoms with Crippen LogP contribution in [0, 0.1) is 0 Å². The van der Waals surface area contributed by atoms with Crippen molar-refractivity contribution in [3.63, 3.8) is 0 Å². The highest BCUT2D eigenvalue weighted by Gasteiger charge is 2.22. The van der Waals surface area contributed by atoms with E-state index in [9.17, 15) is 14.4 Å². The molecule has 3 amide bonds. The highest BCUT2D eigenvalue weighted by atomic mass is 32.1. The van der Waals surface area contributed by atoms with Crippen molar-refractivity contribution in [3.8, 4) is 0 Å². The molecule has 0 spiro atoms. The summed E-state index contributed by atoms with van der Waals surface area (Å²) in [6.45, 7) is 0.354.